The van der Waals surface area contributed by atoms with Crippen LogP contribution in [0.3, 0.4) is 0 Å². The van der Waals surface area contributed by atoms with Gasteiger partial charge < -0.3 is 4.74 Å². The first-order chi connectivity index (χ1) is 16.7. The zero-order valence-electron chi connectivity index (χ0n) is 19.1. The number of benzene rings is 3. The zero-order valence-corrected chi connectivity index (χ0v) is 20.7. The summed E-state index contributed by atoms with van der Waals surface area (Å²) >= 11 is 6.32. The van der Waals surface area contributed by atoms with Gasteiger partial charge in [0, 0.05) is 10.6 Å². The maximum absolute atomic E-state index is 14.0. The predicted molar refractivity (Wildman–Crippen MR) is 132 cm³/mol. The predicted octanol–water partition coefficient (Wildman–Crippen LogP) is 4.40. The van der Waals surface area contributed by atoms with Crippen LogP contribution in [0.25, 0.3) is 5.57 Å². The van der Waals surface area contributed by atoms with Crippen molar-refractivity contribution in [2.45, 2.75) is 18.2 Å². The monoisotopic (exact) mass is 507 g/mol. The summed E-state index contributed by atoms with van der Waals surface area (Å²) in [7, 11) is -2.98. The Kier molecular flexibility index (Phi) is 5.57. The highest BCUT2D eigenvalue weighted by atomic mass is 35.5. The number of carbonyl (C=O) groups excluding carboxylic acids is 2. The number of methoxy groups -OCH3 is 1. The molecule has 8 heteroatoms. The van der Waals surface area contributed by atoms with E-state index in [2.05, 4.69) is 0 Å². The number of aryl methyl sites for hydroxylation is 1. The van der Waals surface area contributed by atoms with Crippen LogP contribution in [0.5, 0.6) is 0 Å². The summed E-state index contributed by atoms with van der Waals surface area (Å²) in [5.41, 5.74) is 2.16. The first-order valence-corrected chi connectivity index (χ1v) is 12.8. The van der Waals surface area contributed by atoms with Crippen molar-refractivity contribution in [1.82, 2.24) is 4.31 Å². The van der Waals surface area contributed by atoms with E-state index in [4.69, 9.17) is 16.3 Å². The quantitative estimate of drug-likeness (QED) is 0.489. The molecule has 1 fully saturated rings. The summed E-state index contributed by atoms with van der Waals surface area (Å²) in [5, 5.41) is 0.470. The van der Waals surface area contributed by atoms with E-state index < -0.39 is 27.3 Å². The smallest absolute Gasteiger partial charge is 0.318 e. The summed E-state index contributed by atoms with van der Waals surface area (Å²) in [5.74, 6) is -1.39. The third-order valence-electron chi connectivity index (χ3n) is 6.66. The molecule has 0 aromatic heterocycles. The second kappa shape index (κ2) is 8.36. The van der Waals surface area contributed by atoms with Crippen molar-refractivity contribution in [3.63, 3.8) is 0 Å². The Balaban J connectivity index is 1.80. The summed E-state index contributed by atoms with van der Waals surface area (Å²) in [4.78, 5) is 27.3. The average molecular weight is 508 g/mol. The fraction of sp³-hybridized carbons (Fsp3) is 0.185. The molecule has 2 aliphatic rings. The number of hydrogen-bond donors (Lipinski definition) is 0. The zero-order chi connectivity index (χ0) is 25.0. The molecular weight excluding hydrogens is 486 g/mol. The first kappa shape index (κ1) is 23.3. The van der Waals surface area contributed by atoms with Gasteiger partial charge in [0.15, 0.2) is 0 Å². The highest BCUT2D eigenvalue weighted by molar-refractivity contribution is 7.89. The van der Waals surface area contributed by atoms with Crippen molar-refractivity contribution >= 4 is 39.1 Å². The minimum atomic E-state index is -4.23. The van der Waals surface area contributed by atoms with Gasteiger partial charge in [0.05, 0.1) is 18.6 Å². The van der Waals surface area contributed by atoms with Crippen molar-refractivity contribution in [1.29, 1.82) is 0 Å². The SMILES string of the molecule is COC(=O)[C@]12Cc3ccc(Cl)cc3C(c3ccccc3)=C1C(=O)N(S(=O)(=O)c1ccc(C)cc1)C2. The molecule has 1 amide bonds. The molecule has 1 aliphatic heterocycles. The number of amides is 1. The number of sulfonamides is 1. The van der Waals surface area contributed by atoms with Crippen molar-refractivity contribution in [2.75, 3.05) is 13.7 Å². The summed E-state index contributed by atoms with van der Waals surface area (Å²) in [6, 6.07) is 20.7. The van der Waals surface area contributed by atoms with Gasteiger partial charge in [-0.05, 0) is 59.9 Å². The van der Waals surface area contributed by atoms with Crippen LogP contribution in [-0.2, 0) is 30.8 Å². The van der Waals surface area contributed by atoms with E-state index in [0.29, 0.717) is 21.7 Å². The molecule has 1 saturated heterocycles. The number of fused-ring (bicyclic) bond motifs is 2. The standard InChI is InChI=1S/C27H22ClNO5S/c1-17-8-12-21(13-9-17)35(32,33)29-16-27(26(31)34-2)15-19-10-11-20(28)14-22(19)23(24(27)25(29)30)18-6-4-3-5-7-18/h3-14H,15-16H2,1-2H3/t27-/m0/s1. The van der Waals surface area contributed by atoms with Gasteiger partial charge in [-0.2, -0.15) is 0 Å². The highest BCUT2D eigenvalue weighted by Gasteiger charge is 2.60. The van der Waals surface area contributed by atoms with Gasteiger partial charge in [0.25, 0.3) is 15.9 Å². The number of rotatable bonds is 4. The van der Waals surface area contributed by atoms with Gasteiger partial charge in [-0.15, -0.1) is 0 Å². The lowest BCUT2D eigenvalue weighted by Gasteiger charge is -2.33. The Bertz CT molecular complexity index is 1500. The van der Waals surface area contributed by atoms with E-state index in [1.165, 1.54) is 19.2 Å². The fourth-order valence-electron chi connectivity index (χ4n) is 4.98. The minimum absolute atomic E-state index is 0.0162. The number of nitrogens with zero attached hydrogens (tertiary/aromatic N) is 1. The molecule has 0 spiro atoms. The molecule has 0 radical (unpaired) electrons. The van der Waals surface area contributed by atoms with Gasteiger partial charge in [-0.1, -0.05) is 65.7 Å². The third kappa shape index (κ3) is 3.58. The van der Waals surface area contributed by atoms with Gasteiger partial charge >= 0.3 is 5.97 Å². The van der Waals surface area contributed by atoms with Crippen LogP contribution < -0.4 is 0 Å². The highest BCUT2D eigenvalue weighted by Crippen LogP contribution is 2.52. The Morgan fingerprint density at radius 3 is 2.37 bits per heavy atom. The van der Waals surface area contributed by atoms with E-state index in [0.717, 1.165) is 15.4 Å². The van der Waals surface area contributed by atoms with E-state index >= 15 is 0 Å². The second-order valence-electron chi connectivity index (χ2n) is 8.80. The van der Waals surface area contributed by atoms with E-state index in [1.807, 2.05) is 43.3 Å². The molecule has 6 nitrogen and oxygen atoms in total. The van der Waals surface area contributed by atoms with Gasteiger partial charge in [-0.3, -0.25) is 9.59 Å². The summed E-state index contributed by atoms with van der Waals surface area (Å²) in [6.45, 7) is 1.50. The molecule has 1 aliphatic carbocycles. The molecule has 1 atom stereocenters. The van der Waals surface area contributed by atoms with Crippen LogP contribution in [0.2, 0.25) is 5.02 Å². The lowest BCUT2D eigenvalue weighted by molar-refractivity contribution is -0.149. The molecular formula is C27H22ClNO5S. The minimum Gasteiger partial charge on any atom is -0.468 e. The van der Waals surface area contributed by atoms with E-state index in [-0.39, 0.29) is 23.4 Å². The molecule has 178 valence electrons. The van der Waals surface area contributed by atoms with Gasteiger partial charge in [0.1, 0.15) is 5.41 Å². The normalized spacial score (nSPS) is 19.4. The number of carbonyl (C=O) groups is 2. The Hall–Kier alpha value is -3.42. The van der Waals surface area contributed by atoms with Crippen molar-refractivity contribution in [3.8, 4) is 0 Å². The van der Waals surface area contributed by atoms with Crippen molar-refractivity contribution < 1.29 is 22.7 Å². The molecule has 0 N–H and O–H groups in total. The van der Waals surface area contributed by atoms with Crippen molar-refractivity contribution in [3.05, 3.63) is 106 Å². The molecule has 1 heterocycles. The summed E-state index contributed by atoms with van der Waals surface area (Å²) in [6.07, 6.45) is 0.115. The van der Waals surface area contributed by atoms with Crippen molar-refractivity contribution in [2.24, 2.45) is 5.41 Å². The first-order valence-electron chi connectivity index (χ1n) is 11.0. The average Bonchev–Trinajstić information content (AvgIpc) is 3.17. The fourth-order valence-corrected chi connectivity index (χ4v) is 6.59. The van der Waals surface area contributed by atoms with Crippen LogP contribution >= 0.6 is 11.6 Å². The largest absolute Gasteiger partial charge is 0.468 e. The van der Waals surface area contributed by atoms with Gasteiger partial charge in [0.2, 0.25) is 0 Å². The number of hydrogen-bond acceptors (Lipinski definition) is 5. The lowest BCUT2D eigenvalue weighted by atomic mass is 9.68. The Morgan fingerprint density at radius 1 is 1.03 bits per heavy atom. The molecule has 3 aromatic carbocycles. The number of esters is 1. The number of ether oxygens (including phenoxy) is 1. The topological polar surface area (TPSA) is 80.8 Å². The van der Waals surface area contributed by atoms with E-state index in [9.17, 15) is 18.0 Å². The van der Waals surface area contributed by atoms with Gasteiger partial charge in [-0.25, -0.2) is 12.7 Å². The third-order valence-corrected chi connectivity index (χ3v) is 8.64. The molecule has 35 heavy (non-hydrogen) atoms. The van der Waals surface area contributed by atoms with Crippen LogP contribution in [0.4, 0.5) is 0 Å². The van der Waals surface area contributed by atoms with E-state index in [1.54, 1.807) is 24.3 Å². The molecule has 0 bridgehead atoms. The Morgan fingerprint density at radius 2 is 1.71 bits per heavy atom. The maximum atomic E-state index is 14.0. The summed E-state index contributed by atoms with van der Waals surface area (Å²) < 4.78 is 33.2. The molecule has 5 rings (SSSR count). The van der Waals surface area contributed by atoms with Crippen LogP contribution in [0.15, 0.2) is 83.3 Å². The molecule has 0 saturated carbocycles. The maximum Gasteiger partial charge on any atom is 0.318 e. The van der Waals surface area contributed by atoms with Crippen LogP contribution in [-0.4, -0.2) is 38.3 Å². The lowest BCUT2D eigenvalue weighted by Crippen LogP contribution is -2.41. The Labute approximate surface area is 208 Å². The van der Waals surface area contributed by atoms with Crippen LogP contribution in [0.1, 0.15) is 22.3 Å². The second-order valence-corrected chi connectivity index (χ2v) is 11.1. The molecule has 3 aromatic rings. The molecule has 0 unspecified atom stereocenters. The number of halogens is 1. The van der Waals surface area contributed by atoms with Crippen LogP contribution in [0, 0.1) is 12.3 Å².